The molecule has 5 heteroatoms. The van der Waals surface area contributed by atoms with Crippen molar-refractivity contribution in [3.8, 4) is 0 Å². The van der Waals surface area contributed by atoms with Gasteiger partial charge in [0.25, 0.3) is 0 Å². The van der Waals surface area contributed by atoms with Crippen molar-refractivity contribution in [3.05, 3.63) is 69.0 Å². The molecule has 1 heterocycles. The van der Waals surface area contributed by atoms with Crippen LogP contribution in [0.5, 0.6) is 0 Å². The van der Waals surface area contributed by atoms with Gasteiger partial charge in [-0.05, 0) is 74.0 Å². The van der Waals surface area contributed by atoms with Gasteiger partial charge in [-0.1, -0.05) is 35.9 Å². The minimum absolute atomic E-state index is 0.0230. The molecule has 4 nitrogen and oxygen atoms in total. The topological polar surface area (TPSA) is 81.1 Å². The third-order valence-corrected chi connectivity index (χ3v) is 5.91. The van der Waals surface area contributed by atoms with Gasteiger partial charge in [-0.3, -0.25) is 4.79 Å². The highest BCUT2D eigenvalue weighted by atomic mass is 35.5. The van der Waals surface area contributed by atoms with E-state index >= 15 is 0 Å². The summed E-state index contributed by atoms with van der Waals surface area (Å²) in [5, 5.41) is 4.07. The number of rotatable bonds is 6. The van der Waals surface area contributed by atoms with E-state index in [0.717, 1.165) is 53.2 Å². The molecule has 2 aliphatic rings. The van der Waals surface area contributed by atoms with Crippen LogP contribution in [0.1, 0.15) is 43.2 Å². The van der Waals surface area contributed by atoms with Crippen LogP contribution >= 0.6 is 11.6 Å². The normalized spacial score (nSPS) is 21.7. The molecular weight excluding hydrogens is 358 g/mol. The summed E-state index contributed by atoms with van der Waals surface area (Å²) in [6.07, 6.45) is 6.65. The zero-order chi connectivity index (χ0) is 19.6. The lowest BCUT2D eigenvalue weighted by Crippen LogP contribution is -2.20. The highest BCUT2D eigenvalue weighted by Gasteiger charge is 2.27. The smallest absolute Gasteiger partial charge is 0.167 e. The summed E-state index contributed by atoms with van der Waals surface area (Å²) < 4.78 is 0. The summed E-state index contributed by atoms with van der Waals surface area (Å²) in [6, 6.07) is 5.89. The molecule has 0 aromatic heterocycles. The van der Waals surface area contributed by atoms with Crippen LogP contribution in [0, 0.1) is 12.8 Å². The predicted octanol–water partition coefficient (Wildman–Crippen LogP) is 3.71. The van der Waals surface area contributed by atoms with Crippen LogP contribution in [-0.2, 0) is 4.79 Å². The second kappa shape index (κ2) is 8.32. The Morgan fingerprint density at radius 1 is 1.26 bits per heavy atom. The third-order valence-electron chi connectivity index (χ3n) is 5.58. The molecule has 2 atom stereocenters. The molecule has 1 aromatic carbocycles. The van der Waals surface area contributed by atoms with Crippen molar-refractivity contribution < 1.29 is 4.79 Å². The monoisotopic (exact) mass is 385 g/mol. The Labute approximate surface area is 166 Å². The quantitative estimate of drug-likeness (QED) is 0.652. The molecule has 0 saturated carbocycles. The molecule has 27 heavy (non-hydrogen) atoms. The zero-order valence-corrected chi connectivity index (χ0v) is 16.8. The lowest BCUT2D eigenvalue weighted by Gasteiger charge is -2.14. The van der Waals surface area contributed by atoms with E-state index in [1.807, 2.05) is 32.0 Å². The van der Waals surface area contributed by atoms with Crippen LogP contribution in [0.4, 0.5) is 0 Å². The number of ketones is 1. The molecule has 0 bridgehead atoms. The Balaban J connectivity index is 1.84. The second-order valence-electron chi connectivity index (χ2n) is 7.58. The minimum atomic E-state index is 0.0230. The standard InChI is InChI=1S/C22H28ClN3O/c1-13-4-3-5-18(23)20(13)16-10-14(2)17(11-16)21(22(24)25)19(27)7-6-15-8-9-26-12-15/h3-5,10-11,15-16,26H,6-9,12,24-25H2,1-2H3/t15-,16?/m1/s1. The number of hydrogen-bond donors (Lipinski definition) is 3. The van der Waals surface area contributed by atoms with Gasteiger partial charge in [0, 0.05) is 17.4 Å². The molecule has 1 aliphatic carbocycles. The molecule has 1 aromatic rings. The molecule has 0 amide bonds. The van der Waals surface area contributed by atoms with Crippen LogP contribution in [0.3, 0.4) is 0 Å². The number of carbonyl (C=O) groups is 1. The fraction of sp³-hybridized carbons (Fsp3) is 0.409. The summed E-state index contributed by atoms with van der Waals surface area (Å²) in [4.78, 5) is 12.9. The summed E-state index contributed by atoms with van der Waals surface area (Å²) in [7, 11) is 0. The van der Waals surface area contributed by atoms with Gasteiger partial charge in [0.2, 0.25) is 0 Å². The van der Waals surface area contributed by atoms with Crippen molar-refractivity contribution in [3.63, 3.8) is 0 Å². The summed E-state index contributed by atoms with van der Waals surface area (Å²) in [6.45, 7) is 6.06. The second-order valence-corrected chi connectivity index (χ2v) is 7.98. The van der Waals surface area contributed by atoms with Crippen molar-refractivity contribution in [1.82, 2.24) is 5.32 Å². The van der Waals surface area contributed by atoms with E-state index in [0.29, 0.717) is 17.9 Å². The molecule has 3 rings (SSSR count). The summed E-state index contributed by atoms with van der Waals surface area (Å²) in [5.41, 5.74) is 16.4. The van der Waals surface area contributed by atoms with Gasteiger partial charge in [-0.25, -0.2) is 0 Å². The van der Waals surface area contributed by atoms with Gasteiger partial charge >= 0.3 is 0 Å². The molecule has 1 unspecified atom stereocenters. The number of hydrogen-bond acceptors (Lipinski definition) is 4. The van der Waals surface area contributed by atoms with Gasteiger partial charge in [0.1, 0.15) is 5.82 Å². The average molecular weight is 386 g/mol. The largest absolute Gasteiger partial charge is 0.385 e. The van der Waals surface area contributed by atoms with Gasteiger partial charge < -0.3 is 16.8 Å². The number of nitrogens with two attached hydrogens (primary N) is 2. The molecule has 1 fully saturated rings. The number of aryl methyl sites for hydroxylation is 1. The van der Waals surface area contributed by atoms with Crippen LogP contribution < -0.4 is 16.8 Å². The first-order valence-electron chi connectivity index (χ1n) is 9.53. The number of Topliss-reactive ketones (excluding diaryl/α,β-unsaturated/α-hetero) is 1. The van der Waals surface area contributed by atoms with E-state index in [1.165, 1.54) is 0 Å². The number of allylic oxidation sites excluding steroid dienone is 5. The fourth-order valence-electron chi connectivity index (χ4n) is 4.12. The first kappa shape index (κ1) is 19.7. The number of halogens is 1. The number of nitrogens with one attached hydrogen (secondary N) is 1. The lowest BCUT2D eigenvalue weighted by atomic mass is 9.92. The molecule has 5 N–H and O–H groups in total. The lowest BCUT2D eigenvalue weighted by molar-refractivity contribution is -0.115. The molecular formula is C22H28ClN3O. The van der Waals surface area contributed by atoms with E-state index in [9.17, 15) is 4.79 Å². The van der Waals surface area contributed by atoms with Crippen molar-refractivity contribution in [1.29, 1.82) is 0 Å². The van der Waals surface area contributed by atoms with Crippen LogP contribution in [-0.4, -0.2) is 18.9 Å². The molecule has 144 valence electrons. The van der Waals surface area contributed by atoms with Gasteiger partial charge in [0.05, 0.1) is 5.57 Å². The maximum absolute atomic E-state index is 12.9. The number of benzene rings is 1. The van der Waals surface area contributed by atoms with E-state index in [1.54, 1.807) is 0 Å². The van der Waals surface area contributed by atoms with Crippen molar-refractivity contribution >= 4 is 17.4 Å². The summed E-state index contributed by atoms with van der Waals surface area (Å²) >= 11 is 6.44. The molecule has 1 saturated heterocycles. The first-order valence-corrected chi connectivity index (χ1v) is 9.91. The third kappa shape index (κ3) is 4.28. The maximum atomic E-state index is 12.9. The van der Waals surface area contributed by atoms with E-state index in [2.05, 4.69) is 17.5 Å². The van der Waals surface area contributed by atoms with E-state index in [-0.39, 0.29) is 17.5 Å². The molecule has 0 radical (unpaired) electrons. The van der Waals surface area contributed by atoms with Crippen LogP contribution in [0.15, 0.2) is 52.9 Å². The molecule has 0 spiro atoms. The van der Waals surface area contributed by atoms with Crippen LogP contribution in [0.2, 0.25) is 5.02 Å². The van der Waals surface area contributed by atoms with Crippen molar-refractivity contribution in [2.45, 2.75) is 39.0 Å². The Bertz CT molecular complexity index is 808. The average Bonchev–Trinajstić information content (AvgIpc) is 3.23. The number of carbonyl (C=O) groups excluding carboxylic acids is 1. The maximum Gasteiger partial charge on any atom is 0.167 e. The Kier molecular flexibility index (Phi) is 6.08. The Morgan fingerprint density at radius 3 is 2.67 bits per heavy atom. The van der Waals surface area contributed by atoms with E-state index < -0.39 is 0 Å². The summed E-state index contributed by atoms with van der Waals surface area (Å²) in [5.74, 6) is 0.703. The van der Waals surface area contributed by atoms with Gasteiger partial charge in [0.15, 0.2) is 5.78 Å². The molecule has 1 aliphatic heterocycles. The predicted molar refractivity (Wildman–Crippen MR) is 111 cm³/mol. The van der Waals surface area contributed by atoms with Crippen LogP contribution in [0.25, 0.3) is 0 Å². The van der Waals surface area contributed by atoms with Gasteiger partial charge in [-0.15, -0.1) is 0 Å². The van der Waals surface area contributed by atoms with E-state index in [4.69, 9.17) is 23.1 Å². The van der Waals surface area contributed by atoms with Gasteiger partial charge in [-0.2, -0.15) is 0 Å². The SMILES string of the molecule is CC1=CC(c2c(C)cccc2Cl)C=C1C(C(=O)CC[C@@H]1CCNC1)=C(N)N. The van der Waals surface area contributed by atoms with Crippen molar-refractivity contribution in [2.75, 3.05) is 13.1 Å². The zero-order valence-electron chi connectivity index (χ0n) is 16.0. The Hall–Kier alpha value is -2.04. The highest BCUT2D eigenvalue weighted by molar-refractivity contribution is 6.31. The first-order chi connectivity index (χ1) is 12.9. The fourth-order valence-corrected chi connectivity index (χ4v) is 4.47. The minimum Gasteiger partial charge on any atom is -0.385 e. The highest BCUT2D eigenvalue weighted by Crippen LogP contribution is 2.39. The Morgan fingerprint density at radius 2 is 2.04 bits per heavy atom. The van der Waals surface area contributed by atoms with Crippen molar-refractivity contribution in [2.24, 2.45) is 17.4 Å².